The van der Waals surface area contributed by atoms with E-state index in [0.29, 0.717) is 53.6 Å². The fourth-order valence-corrected chi connectivity index (χ4v) is 9.76. The van der Waals surface area contributed by atoms with Crippen LogP contribution < -0.4 is 26.0 Å². The third-order valence-electron chi connectivity index (χ3n) is 11.5. The molecule has 2 unspecified atom stereocenters. The van der Waals surface area contributed by atoms with E-state index in [1.54, 1.807) is 49.8 Å². The van der Waals surface area contributed by atoms with E-state index in [9.17, 15) is 24.0 Å². The van der Waals surface area contributed by atoms with Gasteiger partial charge in [-0.1, -0.05) is 55.8 Å². The summed E-state index contributed by atoms with van der Waals surface area (Å²) in [6.07, 6.45) is 9.35. The normalized spacial score (nSPS) is 20.9. The highest BCUT2D eigenvalue weighted by Crippen LogP contribution is 2.34. The Hall–Kier alpha value is -5.89. The number of ether oxygens (including phenoxy) is 1. The predicted octanol–water partition coefficient (Wildman–Crippen LogP) is 6.01. The monoisotopic (exact) mass is 831 g/mol. The molecule has 3 fully saturated rings. The van der Waals surface area contributed by atoms with Crippen LogP contribution in [0.5, 0.6) is 5.75 Å². The van der Waals surface area contributed by atoms with Crippen molar-refractivity contribution in [2.75, 3.05) is 32.5 Å². The van der Waals surface area contributed by atoms with Gasteiger partial charge in [0, 0.05) is 65.5 Å². The molecule has 4 heterocycles. The van der Waals surface area contributed by atoms with E-state index in [1.165, 1.54) is 0 Å². The van der Waals surface area contributed by atoms with Crippen LogP contribution in [0.3, 0.4) is 0 Å². The summed E-state index contributed by atoms with van der Waals surface area (Å²) in [4.78, 5) is 70.2. The second-order valence-electron chi connectivity index (χ2n) is 16.0. The first-order chi connectivity index (χ1) is 29.0. The van der Waals surface area contributed by atoms with E-state index in [2.05, 4.69) is 33.2 Å². The lowest BCUT2D eigenvalue weighted by atomic mass is 9.90. The van der Waals surface area contributed by atoms with Crippen molar-refractivity contribution in [3.8, 4) is 11.4 Å². The van der Waals surface area contributed by atoms with Crippen LogP contribution >= 0.6 is 11.8 Å². The number of carbonyl (C=O) groups is 5. The lowest BCUT2D eigenvalue weighted by Gasteiger charge is -2.37. The van der Waals surface area contributed by atoms with E-state index < -0.39 is 0 Å². The van der Waals surface area contributed by atoms with Crippen molar-refractivity contribution >= 4 is 47.4 Å². The molecule has 13 nitrogen and oxygen atoms in total. The summed E-state index contributed by atoms with van der Waals surface area (Å²) >= 11 is 1.87. The van der Waals surface area contributed by atoms with Crippen molar-refractivity contribution in [1.82, 2.24) is 35.7 Å². The second-order valence-corrected chi connectivity index (χ2v) is 17.2. The molecule has 0 radical (unpaired) electrons. The highest BCUT2D eigenvalue weighted by molar-refractivity contribution is 8.00. The van der Waals surface area contributed by atoms with Gasteiger partial charge in [0.1, 0.15) is 5.75 Å². The quantitative estimate of drug-likeness (QED) is 0.0462. The molecule has 3 aliphatic heterocycles. The Kier molecular flexibility index (Phi) is 13.4. The molecule has 0 aliphatic carbocycles. The molecule has 60 heavy (non-hydrogen) atoms. The van der Waals surface area contributed by atoms with E-state index in [1.807, 2.05) is 77.7 Å². The van der Waals surface area contributed by atoms with Crippen LogP contribution in [0.4, 0.5) is 4.79 Å². The van der Waals surface area contributed by atoms with Crippen LogP contribution in [0.1, 0.15) is 95.1 Å². The molecule has 3 aliphatic rings. The smallest absolute Gasteiger partial charge is 0.315 e. The lowest BCUT2D eigenvalue weighted by molar-refractivity contribution is -0.132. The topological polar surface area (TPSA) is 164 Å². The second kappa shape index (κ2) is 19.0. The lowest BCUT2D eigenvalue weighted by Crippen LogP contribution is -2.42. The van der Waals surface area contributed by atoms with Gasteiger partial charge in [-0.15, -0.1) is 0 Å². The molecule has 4 aromatic rings. The standard InChI is InChI=1S/C46H53N7O6S/c1-28-21-36(22-31-9-18-38(39(23-31)59-4)52-25-29(2)49-27-52)45(57)53(24-28)30(3)32-10-12-33(13-11-32)43(55)34-14-16-35(17-15-34)44(56)48-20-19-47-41(54)8-6-5-7-40-42-37(26-60-40)50-46(58)51-42/h9-18,22-23,25,27-28,30,37,40,42H,5-8,19-21,24,26H2,1-4H3,(H,47,54)(H,48,56)(H2,50,51,58)/b36-22+/t28-,30-,37?,40-,42?/m0/s1. The minimum absolute atomic E-state index is 0.0119. The molecule has 5 atom stereocenters. The van der Waals surface area contributed by atoms with Crippen molar-refractivity contribution in [3.63, 3.8) is 0 Å². The Morgan fingerprint density at radius 2 is 1.68 bits per heavy atom. The molecule has 4 N–H and O–H groups in total. The summed E-state index contributed by atoms with van der Waals surface area (Å²) < 4.78 is 7.61. The molecule has 0 spiro atoms. The summed E-state index contributed by atoms with van der Waals surface area (Å²) in [6.45, 7) is 7.31. The van der Waals surface area contributed by atoms with Gasteiger partial charge in [-0.3, -0.25) is 19.2 Å². The number of likely N-dealkylation sites (tertiary alicyclic amines) is 1. The molecule has 0 bridgehead atoms. The van der Waals surface area contributed by atoms with Gasteiger partial charge >= 0.3 is 6.03 Å². The molecule has 0 saturated carbocycles. The Morgan fingerprint density at radius 3 is 2.40 bits per heavy atom. The molecule has 314 valence electrons. The number of aromatic nitrogens is 2. The number of thioether (sulfide) groups is 1. The zero-order valence-electron chi connectivity index (χ0n) is 34.5. The Balaban J connectivity index is 0.864. The Labute approximate surface area is 355 Å². The fourth-order valence-electron chi connectivity index (χ4n) is 8.21. The number of hydrogen-bond acceptors (Lipinski definition) is 8. The molecular weight excluding hydrogens is 779 g/mol. The van der Waals surface area contributed by atoms with Crippen LogP contribution in [0.2, 0.25) is 0 Å². The maximum absolute atomic E-state index is 13.9. The van der Waals surface area contributed by atoms with Gasteiger partial charge in [0.15, 0.2) is 5.78 Å². The van der Waals surface area contributed by atoms with Crippen LogP contribution in [0, 0.1) is 12.8 Å². The maximum atomic E-state index is 13.9. The number of unbranched alkanes of at least 4 members (excludes halogenated alkanes) is 1. The van der Waals surface area contributed by atoms with Gasteiger partial charge in [-0.05, 0) is 80.5 Å². The number of benzene rings is 3. The maximum Gasteiger partial charge on any atom is 0.315 e. The van der Waals surface area contributed by atoms with Crippen LogP contribution in [0.25, 0.3) is 11.8 Å². The largest absolute Gasteiger partial charge is 0.495 e. The number of methoxy groups -OCH3 is 1. The third-order valence-corrected chi connectivity index (χ3v) is 13.0. The first kappa shape index (κ1) is 42.2. The van der Waals surface area contributed by atoms with Gasteiger partial charge in [0.2, 0.25) is 11.8 Å². The van der Waals surface area contributed by atoms with Crippen LogP contribution in [-0.4, -0.2) is 93.8 Å². The molecule has 3 saturated heterocycles. The summed E-state index contributed by atoms with van der Waals surface area (Å²) in [5.41, 5.74) is 5.69. The number of hydrogen-bond donors (Lipinski definition) is 4. The van der Waals surface area contributed by atoms with E-state index >= 15 is 0 Å². The number of aryl methyl sites for hydroxylation is 1. The Bertz CT molecular complexity index is 2260. The van der Waals surface area contributed by atoms with Gasteiger partial charge in [0.05, 0.1) is 42.9 Å². The van der Waals surface area contributed by atoms with Crippen molar-refractivity contribution in [2.45, 2.75) is 76.3 Å². The Morgan fingerprint density at radius 1 is 0.967 bits per heavy atom. The highest BCUT2D eigenvalue weighted by atomic mass is 32.2. The number of fused-ring (bicyclic) bond motifs is 1. The summed E-state index contributed by atoms with van der Waals surface area (Å²) in [6, 6.07) is 19.8. The molecular formula is C46H53N7O6S. The summed E-state index contributed by atoms with van der Waals surface area (Å²) in [5.74, 6) is 1.34. The highest BCUT2D eigenvalue weighted by Gasteiger charge is 2.42. The number of piperidine rings is 1. The number of ketones is 1. The molecule has 3 aromatic carbocycles. The van der Waals surface area contributed by atoms with Gasteiger partial charge in [-0.25, -0.2) is 9.78 Å². The van der Waals surface area contributed by atoms with Gasteiger partial charge in [-0.2, -0.15) is 11.8 Å². The first-order valence-electron chi connectivity index (χ1n) is 20.7. The molecule has 5 amide bonds. The minimum Gasteiger partial charge on any atom is -0.495 e. The number of imidazole rings is 1. The van der Waals surface area contributed by atoms with E-state index in [4.69, 9.17) is 4.74 Å². The predicted molar refractivity (Wildman–Crippen MR) is 232 cm³/mol. The number of nitrogens with one attached hydrogen (secondary N) is 4. The van der Waals surface area contributed by atoms with Crippen LogP contribution in [-0.2, 0) is 9.59 Å². The van der Waals surface area contributed by atoms with Crippen molar-refractivity contribution in [1.29, 1.82) is 0 Å². The number of nitrogens with zero attached hydrogens (tertiary/aromatic N) is 3. The average Bonchev–Trinajstić information content (AvgIpc) is 3.97. The number of amides is 5. The van der Waals surface area contributed by atoms with Gasteiger partial charge < -0.3 is 35.5 Å². The van der Waals surface area contributed by atoms with Crippen molar-refractivity contribution in [3.05, 3.63) is 118 Å². The first-order valence-corrected chi connectivity index (χ1v) is 21.7. The number of carbonyl (C=O) groups excluding carboxylic acids is 5. The van der Waals surface area contributed by atoms with Gasteiger partial charge in [0.25, 0.3) is 5.91 Å². The summed E-state index contributed by atoms with van der Waals surface area (Å²) in [7, 11) is 1.63. The number of rotatable bonds is 16. The average molecular weight is 832 g/mol. The molecule has 14 heteroatoms. The SMILES string of the molecule is COc1cc(/C=C2\C[C@H](C)CN([C@@H](C)c3ccc(C(=O)c4ccc(C(=O)NCCNC(=O)CCCC[C@@H]5SCC6NC(=O)NC65)cc4)cc3)C2=O)ccc1-n1cnc(C)c1. The van der Waals surface area contributed by atoms with Crippen molar-refractivity contribution in [2.24, 2.45) is 5.92 Å². The summed E-state index contributed by atoms with van der Waals surface area (Å²) in [5, 5.41) is 12.0. The zero-order valence-corrected chi connectivity index (χ0v) is 35.3. The molecule has 1 aromatic heterocycles. The third kappa shape index (κ3) is 9.93. The minimum atomic E-state index is -0.291. The van der Waals surface area contributed by atoms with Crippen molar-refractivity contribution < 1.29 is 28.7 Å². The fraction of sp³-hybridized carbons (Fsp3) is 0.391. The molecule has 7 rings (SSSR count). The van der Waals surface area contributed by atoms with Crippen LogP contribution in [0.15, 0.2) is 84.8 Å². The van der Waals surface area contributed by atoms with E-state index in [0.717, 1.165) is 53.1 Å². The number of urea groups is 1. The zero-order chi connectivity index (χ0) is 42.3. The van der Waals surface area contributed by atoms with E-state index in [-0.39, 0.29) is 60.1 Å².